The number of hydrogen-bond donors (Lipinski definition) is 1. The summed E-state index contributed by atoms with van der Waals surface area (Å²) in [5.41, 5.74) is 1.13. The quantitative estimate of drug-likeness (QED) is 0.845. The Bertz CT molecular complexity index is 439. The number of carbonyl (C=O) groups is 1. The van der Waals surface area contributed by atoms with Crippen LogP contribution >= 0.6 is 0 Å². The molecule has 1 fully saturated rings. The number of methoxy groups -OCH3 is 1. The van der Waals surface area contributed by atoms with Gasteiger partial charge in [-0.3, -0.25) is 9.69 Å². The Morgan fingerprint density at radius 1 is 1.25 bits per heavy atom. The number of piperazine rings is 1. The summed E-state index contributed by atoms with van der Waals surface area (Å²) in [5, 5.41) is 9.31. The lowest BCUT2D eigenvalue weighted by Gasteiger charge is -2.38. The van der Waals surface area contributed by atoms with Gasteiger partial charge < -0.3 is 14.7 Å². The number of ether oxygens (including phenoxy) is 1. The molecule has 1 aliphatic rings. The lowest BCUT2D eigenvalue weighted by atomic mass is 10.1. The first-order valence-corrected chi connectivity index (χ1v) is 6.95. The van der Waals surface area contributed by atoms with E-state index in [1.807, 2.05) is 12.1 Å². The van der Waals surface area contributed by atoms with Gasteiger partial charge in [-0.05, 0) is 31.2 Å². The highest BCUT2D eigenvalue weighted by molar-refractivity contribution is 5.69. The molecule has 110 valence electrons. The molecule has 0 saturated carbocycles. The molecule has 1 aliphatic heterocycles. The average molecular weight is 278 g/mol. The molecule has 1 atom stereocenters. The van der Waals surface area contributed by atoms with Crippen molar-refractivity contribution < 1.29 is 14.6 Å². The third-order valence-electron chi connectivity index (χ3n) is 3.84. The van der Waals surface area contributed by atoms with Crippen LogP contribution in [0.25, 0.3) is 0 Å². The van der Waals surface area contributed by atoms with Crippen LogP contribution in [-0.2, 0) is 9.53 Å². The van der Waals surface area contributed by atoms with Gasteiger partial charge >= 0.3 is 5.97 Å². The Balaban J connectivity index is 1.85. The van der Waals surface area contributed by atoms with E-state index < -0.39 is 0 Å². The molecular weight excluding hydrogens is 256 g/mol. The molecule has 1 aromatic carbocycles. The summed E-state index contributed by atoms with van der Waals surface area (Å²) in [4.78, 5) is 15.9. The van der Waals surface area contributed by atoms with E-state index in [2.05, 4.69) is 16.7 Å². The lowest BCUT2D eigenvalue weighted by molar-refractivity contribution is -0.141. The average Bonchev–Trinajstić information content (AvgIpc) is 2.48. The molecule has 0 amide bonds. The van der Waals surface area contributed by atoms with Crippen LogP contribution in [0.3, 0.4) is 0 Å². The van der Waals surface area contributed by atoms with E-state index in [1.54, 1.807) is 12.1 Å². The van der Waals surface area contributed by atoms with Gasteiger partial charge in [-0.1, -0.05) is 0 Å². The molecule has 20 heavy (non-hydrogen) atoms. The third kappa shape index (κ3) is 3.63. The van der Waals surface area contributed by atoms with E-state index in [4.69, 9.17) is 4.74 Å². The zero-order valence-corrected chi connectivity index (χ0v) is 12.1. The number of rotatable bonds is 4. The molecule has 0 bridgehead atoms. The van der Waals surface area contributed by atoms with E-state index in [9.17, 15) is 9.90 Å². The molecule has 5 nitrogen and oxygen atoms in total. The minimum Gasteiger partial charge on any atom is -0.508 e. The van der Waals surface area contributed by atoms with Gasteiger partial charge in [0.15, 0.2) is 0 Å². The Kier molecular flexibility index (Phi) is 4.84. The zero-order chi connectivity index (χ0) is 14.5. The number of hydrogen-bond acceptors (Lipinski definition) is 5. The number of anilines is 1. The van der Waals surface area contributed by atoms with E-state index in [-0.39, 0.29) is 12.0 Å². The number of carbonyl (C=O) groups excluding carboxylic acids is 1. The van der Waals surface area contributed by atoms with Crippen molar-refractivity contribution in [3.8, 4) is 5.75 Å². The summed E-state index contributed by atoms with van der Waals surface area (Å²) < 4.78 is 4.71. The molecule has 0 radical (unpaired) electrons. The largest absolute Gasteiger partial charge is 0.508 e. The zero-order valence-electron chi connectivity index (χ0n) is 12.1. The first-order chi connectivity index (χ1) is 9.60. The number of phenols is 1. The predicted molar refractivity (Wildman–Crippen MR) is 78.0 cm³/mol. The molecule has 2 rings (SSSR count). The SMILES string of the molecule is COC(=O)CC(C)N1CCN(c2ccc(O)cc2)CC1. The van der Waals surface area contributed by atoms with Crippen LogP contribution in [-0.4, -0.2) is 55.3 Å². The van der Waals surface area contributed by atoms with Crippen LogP contribution in [0.5, 0.6) is 5.75 Å². The maximum atomic E-state index is 11.3. The van der Waals surface area contributed by atoms with Crippen molar-refractivity contribution in [2.24, 2.45) is 0 Å². The molecular formula is C15H22N2O3. The minimum absolute atomic E-state index is 0.154. The summed E-state index contributed by atoms with van der Waals surface area (Å²) in [6.07, 6.45) is 0.440. The van der Waals surface area contributed by atoms with E-state index >= 15 is 0 Å². The second-order valence-corrected chi connectivity index (χ2v) is 5.17. The molecule has 1 N–H and O–H groups in total. The fraction of sp³-hybridized carbons (Fsp3) is 0.533. The van der Waals surface area contributed by atoms with Crippen molar-refractivity contribution in [2.45, 2.75) is 19.4 Å². The number of phenolic OH excluding ortho intramolecular Hbond substituents is 1. The van der Waals surface area contributed by atoms with Gasteiger partial charge in [0.25, 0.3) is 0 Å². The maximum absolute atomic E-state index is 11.3. The van der Waals surface area contributed by atoms with Gasteiger partial charge in [0.05, 0.1) is 13.5 Å². The van der Waals surface area contributed by atoms with Crippen LogP contribution in [0.4, 0.5) is 5.69 Å². The van der Waals surface area contributed by atoms with Crippen molar-refractivity contribution in [3.05, 3.63) is 24.3 Å². The molecule has 0 aliphatic carbocycles. The van der Waals surface area contributed by atoms with Gasteiger partial charge in [-0.2, -0.15) is 0 Å². The summed E-state index contributed by atoms with van der Waals surface area (Å²) in [6, 6.07) is 7.50. The van der Waals surface area contributed by atoms with Crippen molar-refractivity contribution in [3.63, 3.8) is 0 Å². The van der Waals surface area contributed by atoms with Crippen molar-refractivity contribution >= 4 is 11.7 Å². The normalized spacial score (nSPS) is 17.8. The number of aromatic hydroxyl groups is 1. The highest BCUT2D eigenvalue weighted by atomic mass is 16.5. The molecule has 0 aromatic heterocycles. The van der Waals surface area contributed by atoms with Crippen LogP contribution in [0.1, 0.15) is 13.3 Å². The van der Waals surface area contributed by atoms with Crippen molar-refractivity contribution in [1.82, 2.24) is 4.90 Å². The van der Waals surface area contributed by atoms with E-state index in [0.29, 0.717) is 12.2 Å². The summed E-state index contributed by atoms with van der Waals surface area (Å²) >= 11 is 0. The molecule has 1 saturated heterocycles. The third-order valence-corrected chi connectivity index (χ3v) is 3.84. The molecule has 1 aromatic rings. The van der Waals surface area contributed by atoms with Gasteiger partial charge in [0.1, 0.15) is 5.75 Å². The molecule has 0 spiro atoms. The lowest BCUT2D eigenvalue weighted by Crippen LogP contribution is -2.50. The van der Waals surface area contributed by atoms with Gasteiger partial charge in [0, 0.05) is 37.9 Å². The van der Waals surface area contributed by atoms with E-state index in [0.717, 1.165) is 31.9 Å². The Morgan fingerprint density at radius 2 is 1.85 bits per heavy atom. The van der Waals surface area contributed by atoms with Crippen molar-refractivity contribution in [2.75, 3.05) is 38.2 Å². The standard InChI is InChI=1S/C15H22N2O3/c1-12(11-15(19)20-2)16-7-9-17(10-8-16)13-3-5-14(18)6-4-13/h3-6,12,18H,7-11H2,1-2H3. The Morgan fingerprint density at radius 3 is 2.40 bits per heavy atom. The van der Waals surface area contributed by atoms with Crippen molar-refractivity contribution in [1.29, 1.82) is 0 Å². The van der Waals surface area contributed by atoms with Crippen LogP contribution in [0.2, 0.25) is 0 Å². The molecule has 1 unspecified atom stereocenters. The Hall–Kier alpha value is -1.75. The summed E-state index contributed by atoms with van der Waals surface area (Å²) in [7, 11) is 1.43. The van der Waals surface area contributed by atoms with Crippen LogP contribution in [0.15, 0.2) is 24.3 Å². The summed E-state index contributed by atoms with van der Waals surface area (Å²) in [6.45, 7) is 5.78. The van der Waals surface area contributed by atoms with Crippen LogP contribution in [0, 0.1) is 0 Å². The number of esters is 1. The maximum Gasteiger partial charge on any atom is 0.307 e. The predicted octanol–water partition coefficient (Wildman–Crippen LogP) is 1.47. The Labute approximate surface area is 119 Å². The highest BCUT2D eigenvalue weighted by Gasteiger charge is 2.23. The molecule has 1 heterocycles. The smallest absolute Gasteiger partial charge is 0.307 e. The summed E-state index contributed by atoms with van der Waals surface area (Å²) in [5.74, 6) is 0.137. The monoisotopic (exact) mass is 278 g/mol. The number of benzene rings is 1. The number of nitrogens with zero attached hydrogens (tertiary/aromatic N) is 2. The minimum atomic E-state index is -0.154. The fourth-order valence-electron chi connectivity index (χ4n) is 2.54. The van der Waals surface area contributed by atoms with Gasteiger partial charge in [-0.15, -0.1) is 0 Å². The topological polar surface area (TPSA) is 53.0 Å². The fourth-order valence-corrected chi connectivity index (χ4v) is 2.54. The van der Waals surface area contributed by atoms with Crippen LogP contribution < -0.4 is 4.90 Å². The van der Waals surface area contributed by atoms with Gasteiger partial charge in [0.2, 0.25) is 0 Å². The first kappa shape index (κ1) is 14.7. The second kappa shape index (κ2) is 6.61. The second-order valence-electron chi connectivity index (χ2n) is 5.17. The van der Waals surface area contributed by atoms with E-state index in [1.165, 1.54) is 7.11 Å². The molecule has 5 heteroatoms. The van der Waals surface area contributed by atoms with Gasteiger partial charge in [-0.25, -0.2) is 0 Å². The highest BCUT2D eigenvalue weighted by Crippen LogP contribution is 2.20. The first-order valence-electron chi connectivity index (χ1n) is 6.95.